The van der Waals surface area contributed by atoms with Gasteiger partial charge in [0, 0.05) is 0 Å². The Kier molecular flexibility index (Phi) is 4.52. The number of nitrogens with one attached hydrogen (secondary N) is 1. The van der Waals surface area contributed by atoms with E-state index in [0.29, 0.717) is 10.6 Å². The summed E-state index contributed by atoms with van der Waals surface area (Å²) in [6.45, 7) is 2.20. The maximum atomic E-state index is 11.9. The predicted octanol–water partition coefficient (Wildman–Crippen LogP) is 2.32. The average Bonchev–Trinajstić information content (AvgIpc) is 3.05. The van der Waals surface area contributed by atoms with E-state index in [2.05, 4.69) is 17.2 Å². The maximum Gasteiger partial charge on any atom is 0.371 e. The lowest BCUT2D eigenvalue weighted by molar-refractivity contribution is 0.0660. The average molecular weight is 294 g/mol. The second-order valence-corrected chi connectivity index (χ2v) is 5.24. The van der Waals surface area contributed by atoms with E-state index >= 15 is 0 Å². The Labute approximate surface area is 119 Å². The molecule has 20 heavy (non-hydrogen) atoms. The maximum absolute atomic E-state index is 11.9. The van der Waals surface area contributed by atoms with E-state index in [1.54, 1.807) is 6.20 Å². The molecule has 0 atom stereocenters. The number of hydrogen-bond donors (Lipinski definition) is 2. The van der Waals surface area contributed by atoms with Crippen molar-refractivity contribution in [1.82, 2.24) is 10.3 Å². The highest BCUT2D eigenvalue weighted by molar-refractivity contribution is 7.13. The highest BCUT2D eigenvalue weighted by atomic mass is 32.1. The van der Waals surface area contributed by atoms with Crippen LogP contribution in [0, 0.1) is 0 Å². The molecule has 2 aromatic heterocycles. The number of furan rings is 1. The Hall–Kier alpha value is -2.15. The van der Waals surface area contributed by atoms with Gasteiger partial charge in [0.05, 0.1) is 17.7 Å². The molecule has 0 aromatic carbocycles. The van der Waals surface area contributed by atoms with Crippen molar-refractivity contribution in [1.29, 1.82) is 0 Å². The molecule has 2 rings (SSSR count). The van der Waals surface area contributed by atoms with Gasteiger partial charge in [-0.25, -0.2) is 9.78 Å². The van der Waals surface area contributed by atoms with E-state index in [9.17, 15) is 9.59 Å². The van der Waals surface area contributed by atoms with Crippen molar-refractivity contribution in [3.8, 4) is 0 Å². The fraction of sp³-hybridized carbons (Fsp3) is 0.308. The topological polar surface area (TPSA) is 92.4 Å². The number of thiazole rings is 1. The molecule has 0 bridgehead atoms. The molecular formula is C13H14N2O4S. The molecule has 0 aliphatic rings. The van der Waals surface area contributed by atoms with Crippen LogP contribution in [-0.2, 0) is 13.0 Å². The van der Waals surface area contributed by atoms with Crippen LogP contribution < -0.4 is 5.32 Å². The van der Waals surface area contributed by atoms with Crippen molar-refractivity contribution in [2.45, 2.75) is 26.3 Å². The number of aryl methyl sites for hydroxylation is 1. The minimum absolute atomic E-state index is 0.141. The molecule has 1 amide bonds. The first-order valence-electron chi connectivity index (χ1n) is 6.15. The number of aromatic carboxylic acids is 1. The lowest BCUT2D eigenvalue weighted by atomic mass is 10.4. The fourth-order valence-corrected chi connectivity index (χ4v) is 2.52. The summed E-state index contributed by atoms with van der Waals surface area (Å²) in [4.78, 5) is 27.2. The van der Waals surface area contributed by atoms with Gasteiger partial charge in [0.1, 0.15) is 10.6 Å². The van der Waals surface area contributed by atoms with Gasteiger partial charge < -0.3 is 14.8 Å². The zero-order valence-electron chi connectivity index (χ0n) is 10.9. The van der Waals surface area contributed by atoms with Crippen molar-refractivity contribution < 1.29 is 19.1 Å². The highest BCUT2D eigenvalue weighted by Crippen LogP contribution is 2.15. The van der Waals surface area contributed by atoms with Crippen LogP contribution in [-0.4, -0.2) is 22.0 Å². The summed E-state index contributed by atoms with van der Waals surface area (Å²) in [5, 5.41) is 12.3. The van der Waals surface area contributed by atoms with Gasteiger partial charge in [-0.05, 0) is 25.0 Å². The third-order valence-electron chi connectivity index (χ3n) is 2.54. The third-order valence-corrected chi connectivity index (χ3v) is 3.59. The van der Waals surface area contributed by atoms with Gasteiger partial charge in [0.25, 0.3) is 5.91 Å². The lowest BCUT2D eigenvalue weighted by Gasteiger charge is -1.99. The summed E-state index contributed by atoms with van der Waals surface area (Å²) in [5.74, 6) is -1.11. The molecule has 2 aromatic rings. The van der Waals surface area contributed by atoms with E-state index in [-0.39, 0.29) is 18.2 Å². The van der Waals surface area contributed by atoms with Gasteiger partial charge in [-0.2, -0.15) is 0 Å². The normalized spacial score (nSPS) is 10.4. The van der Waals surface area contributed by atoms with Gasteiger partial charge >= 0.3 is 5.97 Å². The van der Waals surface area contributed by atoms with Crippen LogP contribution in [0.2, 0.25) is 0 Å². The molecule has 0 unspecified atom stereocenters. The molecule has 0 spiro atoms. The van der Waals surface area contributed by atoms with Gasteiger partial charge in [0.2, 0.25) is 5.76 Å². The number of rotatable bonds is 6. The number of hydrogen-bond acceptors (Lipinski definition) is 5. The van der Waals surface area contributed by atoms with E-state index in [1.807, 2.05) is 0 Å². The largest absolute Gasteiger partial charge is 0.475 e. The van der Waals surface area contributed by atoms with Crippen molar-refractivity contribution >= 4 is 23.2 Å². The number of amides is 1. The van der Waals surface area contributed by atoms with Crippen molar-refractivity contribution in [3.05, 3.63) is 39.7 Å². The first-order valence-corrected chi connectivity index (χ1v) is 6.96. The van der Waals surface area contributed by atoms with E-state index in [1.165, 1.54) is 23.5 Å². The Bertz CT molecular complexity index is 617. The standard InChI is InChI=1S/C13H14N2O4S/c1-2-3-11-14-7-10(20-11)12(16)15-6-8-4-5-9(19-8)13(17)18/h4-5,7H,2-3,6H2,1H3,(H,15,16)(H,17,18). The van der Waals surface area contributed by atoms with E-state index < -0.39 is 5.97 Å². The monoisotopic (exact) mass is 294 g/mol. The zero-order chi connectivity index (χ0) is 14.5. The molecule has 106 valence electrons. The Morgan fingerprint density at radius 2 is 2.25 bits per heavy atom. The van der Waals surface area contributed by atoms with Crippen LogP contribution in [0.3, 0.4) is 0 Å². The minimum Gasteiger partial charge on any atom is -0.475 e. The number of nitrogens with zero attached hydrogens (tertiary/aromatic N) is 1. The molecule has 6 nitrogen and oxygen atoms in total. The molecule has 0 radical (unpaired) electrons. The smallest absolute Gasteiger partial charge is 0.371 e. The second kappa shape index (κ2) is 6.33. The first-order chi connectivity index (χ1) is 9.60. The van der Waals surface area contributed by atoms with Crippen LogP contribution in [0.4, 0.5) is 0 Å². The summed E-state index contributed by atoms with van der Waals surface area (Å²) >= 11 is 1.36. The molecule has 0 saturated carbocycles. The molecule has 2 N–H and O–H groups in total. The summed E-state index contributed by atoms with van der Waals surface area (Å²) in [7, 11) is 0. The van der Waals surface area contributed by atoms with Crippen molar-refractivity contribution in [2.24, 2.45) is 0 Å². The van der Waals surface area contributed by atoms with Crippen LogP contribution >= 0.6 is 11.3 Å². The molecule has 0 aliphatic carbocycles. The summed E-state index contributed by atoms with van der Waals surface area (Å²) in [6, 6.07) is 2.88. The van der Waals surface area contributed by atoms with Crippen LogP contribution in [0.15, 0.2) is 22.7 Å². The van der Waals surface area contributed by atoms with Gasteiger partial charge in [-0.15, -0.1) is 11.3 Å². The van der Waals surface area contributed by atoms with Crippen molar-refractivity contribution in [2.75, 3.05) is 0 Å². The minimum atomic E-state index is -1.13. The second-order valence-electron chi connectivity index (χ2n) is 4.12. The third kappa shape index (κ3) is 3.45. The first kappa shape index (κ1) is 14.3. The fourth-order valence-electron chi connectivity index (χ4n) is 1.59. The Morgan fingerprint density at radius 1 is 1.45 bits per heavy atom. The van der Waals surface area contributed by atoms with E-state index in [0.717, 1.165) is 17.8 Å². The zero-order valence-corrected chi connectivity index (χ0v) is 11.7. The van der Waals surface area contributed by atoms with Crippen LogP contribution in [0.25, 0.3) is 0 Å². The van der Waals surface area contributed by atoms with Crippen LogP contribution in [0.5, 0.6) is 0 Å². The molecule has 0 aliphatic heterocycles. The quantitative estimate of drug-likeness (QED) is 0.853. The lowest BCUT2D eigenvalue weighted by Crippen LogP contribution is -2.21. The predicted molar refractivity (Wildman–Crippen MR) is 72.9 cm³/mol. The molecule has 0 fully saturated rings. The summed E-state index contributed by atoms with van der Waals surface area (Å²) in [6.07, 6.45) is 3.40. The van der Waals surface area contributed by atoms with E-state index in [4.69, 9.17) is 9.52 Å². The number of carbonyl (C=O) groups excluding carboxylic acids is 1. The molecule has 2 heterocycles. The number of aromatic nitrogens is 1. The number of carboxylic acid groups (broad SMARTS) is 1. The Morgan fingerprint density at radius 3 is 2.90 bits per heavy atom. The van der Waals surface area contributed by atoms with Crippen LogP contribution in [0.1, 0.15) is 44.3 Å². The van der Waals surface area contributed by atoms with Gasteiger partial charge in [-0.1, -0.05) is 6.92 Å². The number of carbonyl (C=O) groups is 2. The molecule has 7 heteroatoms. The SMILES string of the molecule is CCCc1ncc(C(=O)NCc2ccc(C(=O)O)o2)s1. The summed E-state index contributed by atoms with van der Waals surface area (Å²) < 4.78 is 5.05. The van der Waals surface area contributed by atoms with Gasteiger partial charge in [0.15, 0.2) is 0 Å². The summed E-state index contributed by atoms with van der Waals surface area (Å²) in [5.41, 5.74) is 0. The molecule has 0 saturated heterocycles. The highest BCUT2D eigenvalue weighted by Gasteiger charge is 2.12. The van der Waals surface area contributed by atoms with Crippen molar-refractivity contribution in [3.63, 3.8) is 0 Å². The number of carboxylic acids is 1. The Balaban J connectivity index is 1.91. The van der Waals surface area contributed by atoms with Gasteiger partial charge in [-0.3, -0.25) is 4.79 Å². The molecular weight excluding hydrogens is 280 g/mol.